The first-order valence-electron chi connectivity index (χ1n) is 9.68. The molecule has 27 heavy (non-hydrogen) atoms. The van der Waals surface area contributed by atoms with Crippen molar-refractivity contribution < 1.29 is 4.74 Å². The van der Waals surface area contributed by atoms with Crippen LogP contribution in [0.1, 0.15) is 23.1 Å². The van der Waals surface area contributed by atoms with Crippen LogP contribution in [0, 0.1) is 5.92 Å². The van der Waals surface area contributed by atoms with Gasteiger partial charge < -0.3 is 4.74 Å². The molecule has 0 aromatic heterocycles. The highest BCUT2D eigenvalue weighted by atomic mass is 16.5. The molecule has 0 radical (unpaired) electrons. The van der Waals surface area contributed by atoms with Gasteiger partial charge in [-0.05, 0) is 28.7 Å². The first kappa shape index (κ1) is 15.4. The standard InChI is InChI=1S/C25H21NO/c1-4-10-18(11-5-1)21-17-24(19-12-6-2-7-13-19)25(20-14-8-3-9-15-20)22(21)16-23(26-24)27-25/h1-15,17,22-23,26H,16H2. The second kappa shape index (κ2) is 5.41. The topological polar surface area (TPSA) is 21.3 Å². The van der Waals surface area contributed by atoms with Crippen LogP contribution in [0.3, 0.4) is 0 Å². The van der Waals surface area contributed by atoms with Crippen molar-refractivity contribution in [1.29, 1.82) is 0 Å². The summed E-state index contributed by atoms with van der Waals surface area (Å²) >= 11 is 0. The molecular weight excluding hydrogens is 330 g/mol. The van der Waals surface area contributed by atoms with Crippen LogP contribution in [0.15, 0.2) is 97.1 Å². The normalized spacial score (nSPS) is 33.3. The number of fused-ring (bicyclic) bond motifs is 1. The first-order chi connectivity index (χ1) is 13.3. The van der Waals surface area contributed by atoms with Gasteiger partial charge in [0, 0.05) is 5.92 Å². The van der Waals surface area contributed by atoms with Crippen LogP contribution in [0.25, 0.3) is 5.57 Å². The molecule has 0 spiro atoms. The van der Waals surface area contributed by atoms with Gasteiger partial charge in [-0.1, -0.05) is 97.1 Å². The number of rotatable bonds is 3. The third-order valence-electron chi connectivity index (χ3n) is 6.53. The Morgan fingerprint density at radius 1 is 0.741 bits per heavy atom. The van der Waals surface area contributed by atoms with Gasteiger partial charge in [0.1, 0.15) is 11.8 Å². The molecule has 1 aliphatic carbocycles. The van der Waals surface area contributed by atoms with Crippen LogP contribution < -0.4 is 5.32 Å². The third-order valence-corrected chi connectivity index (χ3v) is 6.53. The summed E-state index contributed by atoms with van der Waals surface area (Å²) in [6, 6.07) is 32.3. The highest BCUT2D eigenvalue weighted by Gasteiger charge is 2.72. The van der Waals surface area contributed by atoms with E-state index in [-0.39, 0.29) is 11.8 Å². The lowest BCUT2D eigenvalue weighted by molar-refractivity contribution is -0.0226. The van der Waals surface area contributed by atoms with Gasteiger partial charge in [0.05, 0.1) is 5.54 Å². The number of hydrogen-bond donors (Lipinski definition) is 1. The molecule has 132 valence electrons. The molecule has 2 heterocycles. The quantitative estimate of drug-likeness (QED) is 0.729. The Hall–Kier alpha value is -2.68. The first-order valence-corrected chi connectivity index (χ1v) is 9.68. The van der Waals surface area contributed by atoms with E-state index in [1.54, 1.807) is 0 Å². The average Bonchev–Trinajstić information content (AvgIpc) is 3.31. The van der Waals surface area contributed by atoms with Crippen molar-refractivity contribution >= 4 is 5.57 Å². The van der Waals surface area contributed by atoms with Crippen molar-refractivity contribution in [3.8, 4) is 0 Å². The number of benzene rings is 3. The Bertz CT molecular complexity index is 1010. The van der Waals surface area contributed by atoms with E-state index in [2.05, 4.69) is 102 Å². The largest absolute Gasteiger partial charge is 0.349 e. The van der Waals surface area contributed by atoms with Crippen LogP contribution in [0.2, 0.25) is 0 Å². The maximum absolute atomic E-state index is 6.78. The minimum absolute atomic E-state index is 0.0767. The van der Waals surface area contributed by atoms with E-state index in [4.69, 9.17) is 4.74 Å². The smallest absolute Gasteiger partial charge is 0.128 e. The molecule has 2 heteroatoms. The van der Waals surface area contributed by atoms with Crippen molar-refractivity contribution in [1.82, 2.24) is 5.32 Å². The lowest BCUT2D eigenvalue weighted by Crippen LogP contribution is -2.54. The van der Waals surface area contributed by atoms with E-state index in [0.717, 1.165) is 6.42 Å². The van der Waals surface area contributed by atoms with Gasteiger partial charge in [-0.2, -0.15) is 0 Å². The van der Waals surface area contributed by atoms with Crippen molar-refractivity contribution in [2.45, 2.75) is 23.8 Å². The van der Waals surface area contributed by atoms with Gasteiger partial charge in [-0.3, -0.25) is 5.32 Å². The fourth-order valence-corrected chi connectivity index (χ4v) is 5.56. The van der Waals surface area contributed by atoms with E-state index in [9.17, 15) is 0 Å². The number of piperidine rings is 1. The molecule has 3 aromatic carbocycles. The zero-order valence-corrected chi connectivity index (χ0v) is 15.0. The number of nitrogens with one attached hydrogen (secondary N) is 1. The highest BCUT2D eigenvalue weighted by Crippen LogP contribution is 2.67. The minimum atomic E-state index is -0.397. The molecule has 3 aliphatic rings. The fraction of sp³-hybridized carbons (Fsp3) is 0.200. The molecule has 2 aliphatic heterocycles. The van der Waals surface area contributed by atoms with Crippen LogP contribution in [0.5, 0.6) is 0 Å². The maximum Gasteiger partial charge on any atom is 0.128 e. The molecule has 4 atom stereocenters. The molecule has 3 aromatic rings. The number of ether oxygens (including phenoxy) is 1. The molecule has 6 rings (SSSR count). The Morgan fingerprint density at radius 3 is 2.00 bits per heavy atom. The van der Waals surface area contributed by atoms with Crippen LogP contribution >= 0.6 is 0 Å². The summed E-state index contributed by atoms with van der Waals surface area (Å²) in [6.07, 6.45) is 3.53. The van der Waals surface area contributed by atoms with Gasteiger partial charge in [-0.25, -0.2) is 0 Å². The lowest BCUT2D eigenvalue weighted by Gasteiger charge is -2.43. The molecule has 2 nitrogen and oxygen atoms in total. The molecule has 2 saturated heterocycles. The molecule has 0 amide bonds. The monoisotopic (exact) mass is 351 g/mol. The summed E-state index contributed by atoms with van der Waals surface area (Å²) in [5.41, 5.74) is 4.49. The summed E-state index contributed by atoms with van der Waals surface area (Å²) in [5, 5.41) is 3.85. The summed E-state index contributed by atoms with van der Waals surface area (Å²) in [4.78, 5) is 0. The zero-order valence-electron chi connectivity index (χ0n) is 15.0. The third kappa shape index (κ3) is 1.87. The summed E-state index contributed by atoms with van der Waals surface area (Å²) in [5.74, 6) is 0.341. The van der Waals surface area contributed by atoms with Crippen molar-refractivity contribution in [2.75, 3.05) is 0 Å². The Morgan fingerprint density at radius 2 is 1.33 bits per heavy atom. The Labute approximate surface area is 159 Å². The van der Waals surface area contributed by atoms with Gasteiger partial charge in [0.15, 0.2) is 0 Å². The van der Waals surface area contributed by atoms with Gasteiger partial charge in [0.2, 0.25) is 0 Å². The van der Waals surface area contributed by atoms with Crippen molar-refractivity contribution in [2.24, 2.45) is 5.92 Å². The van der Waals surface area contributed by atoms with Gasteiger partial charge >= 0.3 is 0 Å². The van der Waals surface area contributed by atoms with Crippen molar-refractivity contribution in [3.05, 3.63) is 114 Å². The molecule has 2 fully saturated rings. The zero-order chi connectivity index (χ0) is 17.9. The van der Waals surface area contributed by atoms with E-state index in [1.807, 2.05) is 0 Å². The predicted molar refractivity (Wildman–Crippen MR) is 107 cm³/mol. The second-order valence-corrected chi connectivity index (χ2v) is 7.78. The average molecular weight is 351 g/mol. The summed E-state index contributed by atoms with van der Waals surface area (Å²) in [6.45, 7) is 0. The fourth-order valence-electron chi connectivity index (χ4n) is 5.56. The maximum atomic E-state index is 6.78. The summed E-state index contributed by atoms with van der Waals surface area (Å²) < 4.78 is 6.78. The molecule has 4 unspecified atom stereocenters. The van der Waals surface area contributed by atoms with Crippen LogP contribution in [-0.4, -0.2) is 6.23 Å². The second-order valence-electron chi connectivity index (χ2n) is 7.78. The van der Waals surface area contributed by atoms with E-state index in [1.165, 1.54) is 22.3 Å². The highest BCUT2D eigenvalue weighted by molar-refractivity contribution is 5.77. The molecule has 1 N–H and O–H groups in total. The Kier molecular flexibility index (Phi) is 3.09. The summed E-state index contributed by atoms with van der Waals surface area (Å²) in [7, 11) is 0. The van der Waals surface area contributed by atoms with Gasteiger partial charge in [0.25, 0.3) is 0 Å². The lowest BCUT2D eigenvalue weighted by atomic mass is 9.67. The molecule has 0 saturated carbocycles. The van der Waals surface area contributed by atoms with Crippen molar-refractivity contribution in [3.63, 3.8) is 0 Å². The molecule has 2 bridgehead atoms. The van der Waals surface area contributed by atoms with Gasteiger partial charge in [-0.15, -0.1) is 0 Å². The number of hydrogen-bond acceptors (Lipinski definition) is 2. The minimum Gasteiger partial charge on any atom is -0.349 e. The SMILES string of the molecule is C1=C(c2ccccc2)C2CC3NC1(c1ccccc1)C2(c1ccccc1)O3. The predicted octanol–water partition coefficient (Wildman–Crippen LogP) is 4.84. The molecular formula is C25H21NO. The van der Waals surface area contributed by atoms with E-state index >= 15 is 0 Å². The van der Waals surface area contributed by atoms with E-state index < -0.39 is 5.60 Å². The Balaban J connectivity index is 1.64. The van der Waals surface area contributed by atoms with Crippen LogP contribution in [-0.2, 0) is 15.9 Å². The van der Waals surface area contributed by atoms with E-state index in [0.29, 0.717) is 5.92 Å². The van der Waals surface area contributed by atoms with Crippen LogP contribution in [0.4, 0.5) is 0 Å².